The number of carbonyl (C=O) groups excluding carboxylic acids is 1. The van der Waals surface area contributed by atoms with Gasteiger partial charge in [-0.05, 0) is 26.5 Å². The Morgan fingerprint density at radius 1 is 1.30 bits per heavy atom. The van der Waals surface area contributed by atoms with Crippen LogP contribution in [0.1, 0.15) is 22.4 Å². The second-order valence-electron chi connectivity index (χ2n) is 5.68. The average molecular weight is 332 g/mol. The van der Waals surface area contributed by atoms with E-state index in [0.29, 0.717) is 13.1 Å². The fourth-order valence-electron chi connectivity index (χ4n) is 2.13. The molecule has 23 heavy (non-hydrogen) atoms. The minimum Gasteiger partial charge on any atom is -0.337 e. The molecule has 0 unspecified atom stereocenters. The highest BCUT2D eigenvalue weighted by Gasteiger charge is 2.11. The van der Waals surface area contributed by atoms with E-state index in [1.165, 1.54) is 5.56 Å². The number of aryl methyl sites for hydroxylation is 1. The van der Waals surface area contributed by atoms with Crippen LogP contribution in [0.25, 0.3) is 0 Å². The van der Waals surface area contributed by atoms with Gasteiger partial charge in [-0.2, -0.15) is 0 Å². The molecular formula is C17H24N4OS. The molecule has 1 atom stereocenters. The number of hydrogen-bond acceptors (Lipinski definition) is 4. The predicted molar refractivity (Wildman–Crippen MR) is 94.5 cm³/mol. The summed E-state index contributed by atoms with van der Waals surface area (Å²) in [5, 5.41) is 6.67. The van der Waals surface area contributed by atoms with Gasteiger partial charge in [0.05, 0.1) is 6.54 Å². The number of aromatic nitrogens is 1. The number of hydrogen-bond donors (Lipinski definition) is 2. The molecule has 6 heteroatoms. The van der Waals surface area contributed by atoms with Crippen LogP contribution in [-0.4, -0.2) is 35.5 Å². The molecule has 1 aromatic heterocycles. The summed E-state index contributed by atoms with van der Waals surface area (Å²) < 4.78 is 0. The molecular weight excluding hydrogens is 308 g/mol. The number of benzene rings is 1. The first-order valence-corrected chi connectivity index (χ1v) is 8.53. The van der Waals surface area contributed by atoms with E-state index in [1.807, 2.05) is 31.3 Å². The summed E-state index contributed by atoms with van der Waals surface area (Å²) in [6.45, 7) is 6.05. The Labute approximate surface area is 141 Å². The lowest BCUT2D eigenvalue weighted by Gasteiger charge is -2.25. The second kappa shape index (κ2) is 8.64. The molecule has 0 saturated heterocycles. The molecule has 124 valence electrons. The molecule has 2 amide bonds. The lowest BCUT2D eigenvalue weighted by Crippen LogP contribution is -2.43. The zero-order valence-corrected chi connectivity index (χ0v) is 14.7. The van der Waals surface area contributed by atoms with Crippen LogP contribution in [0.5, 0.6) is 0 Å². The first kappa shape index (κ1) is 17.4. The number of rotatable bonds is 7. The third kappa shape index (κ3) is 6.00. The van der Waals surface area contributed by atoms with E-state index in [4.69, 9.17) is 0 Å². The first-order valence-electron chi connectivity index (χ1n) is 7.71. The van der Waals surface area contributed by atoms with Crippen molar-refractivity contribution in [3.8, 4) is 0 Å². The number of likely N-dealkylation sites (N-methyl/N-ethyl adjacent to an activating group) is 1. The van der Waals surface area contributed by atoms with E-state index >= 15 is 0 Å². The maximum Gasteiger partial charge on any atom is 0.315 e. The standard InChI is InChI=1S/C17H24N4OS/c1-13(21(3)12-15-7-5-4-6-8-15)9-19-17(22)20-11-16-18-10-14(2)23-16/h4-8,10,13H,9,11-12H2,1-3H3,(H2,19,20,22)/t13-/m0/s1. The zero-order valence-electron chi connectivity index (χ0n) is 13.9. The van der Waals surface area contributed by atoms with Gasteiger partial charge < -0.3 is 10.6 Å². The molecule has 1 aromatic carbocycles. The number of amides is 2. The van der Waals surface area contributed by atoms with Crippen molar-refractivity contribution < 1.29 is 4.79 Å². The van der Waals surface area contributed by atoms with Gasteiger partial charge in [0.1, 0.15) is 5.01 Å². The predicted octanol–water partition coefficient (Wildman–Crippen LogP) is 2.77. The third-order valence-corrected chi connectivity index (χ3v) is 4.57. The van der Waals surface area contributed by atoms with Gasteiger partial charge in [0.2, 0.25) is 0 Å². The van der Waals surface area contributed by atoms with Gasteiger partial charge in [0.15, 0.2) is 0 Å². The molecule has 2 aromatic rings. The monoisotopic (exact) mass is 332 g/mol. The fourth-order valence-corrected chi connectivity index (χ4v) is 2.85. The lowest BCUT2D eigenvalue weighted by molar-refractivity contribution is 0.223. The Kier molecular flexibility index (Phi) is 6.55. The Morgan fingerprint density at radius 2 is 2.04 bits per heavy atom. The molecule has 1 heterocycles. The van der Waals surface area contributed by atoms with Gasteiger partial charge in [-0.15, -0.1) is 11.3 Å². The van der Waals surface area contributed by atoms with E-state index in [-0.39, 0.29) is 12.1 Å². The molecule has 0 saturated carbocycles. The van der Waals surface area contributed by atoms with Crippen molar-refractivity contribution in [1.82, 2.24) is 20.5 Å². The van der Waals surface area contributed by atoms with Crippen molar-refractivity contribution in [3.05, 3.63) is 52.0 Å². The molecule has 0 fully saturated rings. The highest BCUT2D eigenvalue weighted by atomic mass is 32.1. The van der Waals surface area contributed by atoms with Gasteiger partial charge >= 0.3 is 6.03 Å². The van der Waals surface area contributed by atoms with E-state index in [1.54, 1.807) is 11.3 Å². The van der Waals surface area contributed by atoms with E-state index in [9.17, 15) is 4.79 Å². The maximum absolute atomic E-state index is 11.8. The molecule has 2 N–H and O–H groups in total. The van der Waals surface area contributed by atoms with Crippen molar-refractivity contribution in [2.45, 2.75) is 33.0 Å². The van der Waals surface area contributed by atoms with Crippen molar-refractivity contribution in [2.75, 3.05) is 13.6 Å². The Bertz CT molecular complexity index is 614. The lowest BCUT2D eigenvalue weighted by atomic mass is 10.2. The summed E-state index contributed by atoms with van der Waals surface area (Å²) in [6.07, 6.45) is 1.82. The smallest absolute Gasteiger partial charge is 0.315 e. The van der Waals surface area contributed by atoms with Crippen LogP contribution >= 0.6 is 11.3 Å². The van der Waals surface area contributed by atoms with Crippen molar-refractivity contribution in [1.29, 1.82) is 0 Å². The molecule has 0 bridgehead atoms. The van der Waals surface area contributed by atoms with Gasteiger partial charge in [-0.3, -0.25) is 4.90 Å². The highest BCUT2D eigenvalue weighted by Crippen LogP contribution is 2.10. The SMILES string of the molecule is Cc1cnc(CNC(=O)NC[C@H](C)N(C)Cc2ccccc2)s1. The third-order valence-electron chi connectivity index (χ3n) is 3.65. The highest BCUT2D eigenvalue weighted by molar-refractivity contribution is 7.11. The summed E-state index contributed by atoms with van der Waals surface area (Å²) in [5.74, 6) is 0. The Hall–Kier alpha value is -1.92. The van der Waals surface area contributed by atoms with Crippen LogP contribution in [0.3, 0.4) is 0 Å². The summed E-state index contributed by atoms with van der Waals surface area (Å²) >= 11 is 1.60. The summed E-state index contributed by atoms with van der Waals surface area (Å²) in [5.41, 5.74) is 1.27. The zero-order chi connectivity index (χ0) is 16.7. The van der Waals surface area contributed by atoms with Crippen LogP contribution in [-0.2, 0) is 13.1 Å². The molecule has 0 aliphatic rings. The molecule has 5 nitrogen and oxygen atoms in total. The summed E-state index contributed by atoms with van der Waals surface area (Å²) in [4.78, 5) is 19.4. The molecule has 2 rings (SSSR count). The van der Waals surface area contributed by atoms with E-state index in [2.05, 4.69) is 46.6 Å². The largest absolute Gasteiger partial charge is 0.337 e. The van der Waals surface area contributed by atoms with Crippen molar-refractivity contribution >= 4 is 17.4 Å². The number of nitrogens with one attached hydrogen (secondary N) is 2. The van der Waals surface area contributed by atoms with Crippen LogP contribution in [0.4, 0.5) is 4.79 Å². The number of thiazole rings is 1. The minimum atomic E-state index is -0.155. The van der Waals surface area contributed by atoms with Crippen LogP contribution < -0.4 is 10.6 Å². The molecule has 0 aliphatic carbocycles. The average Bonchev–Trinajstić information content (AvgIpc) is 2.97. The van der Waals surface area contributed by atoms with Crippen molar-refractivity contribution in [3.63, 3.8) is 0 Å². The summed E-state index contributed by atoms with van der Waals surface area (Å²) in [7, 11) is 2.07. The van der Waals surface area contributed by atoms with Gasteiger partial charge in [-0.25, -0.2) is 9.78 Å². The van der Waals surface area contributed by atoms with Gasteiger partial charge in [0.25, 0.3) is 0 Å². The van der Waals surface area contributed by atoms with Gasteiger partial charge in [0, 0.05) is 30.2 Å². The van der Waals surface area contributed by atoms with Crippen molar-refractivity contribution in [2.24, 2.45) is 0 Å². The maximum atomic E-state index is 11.8. The Morgan fingerprint density at radius 3 is 2.70 bits per heavy atom. The Balaban J connectivity index is 1.68. The fraction of sp³-hybridized carbons (Fsp3) is 0.412. The van der Waals surface area contributed by atoms with E-state index < -0.39 is 0 Å². The topological polar surface area (TPSA) is 57.3 Å². The minimum absolute atomic E-state index is 0.155. The number of nitrogens with zero attached hydrogens (tertiary/aromatic N) is 2. The normalized spacial score (nSPS) is 12.2. The van der Waals surface area contributed by atoms with Crippen LogP contribution in [0, 0.1) is 6.92 Å². The summed E-state index contributed by atoms with van der Waals surface area (Å²) in [6, 6.07) is 10.4. The van der Waals surface area contributed by atoms with Crippen LogP contribution in [0.2, 0.25) is 0 Å². The molecule has 0 radical (unpaired) electrons. The van der Waals surface area contributed by atoms with Gasteiger partial charge in [-0.1, -0.05) is 30.3 Å². The quantitative estimate of drug-likeness (QED) is 0.820. The molecule has 0 aliphatic heterocycles. The number of urea groups is 1. The van der Waals surface area contributed by atoms with E-state index in [0.717, 1.165) is 16.4 Å². The second-order valence-corrected chi connectivity index (χ2v) is 7.00. The first-order chi connectivity index (χ1) is 11.0. The van der Waals surface area contributed by atoms with Crippen LogP contribution in [0.15, 0.2) is 36.5 Å². The number of carbonyl (C=O) groups is 1. The molecule has 0 spiro atoms.